The SMILES string of the molecule is CN(Cc1ccccc1F)C(=O)CSc1nnc(-c2cccs2)n1C1CC1. The lowest BCUT2D eigenvalue weighted by Crippen LogP contribution is -2.28. The lowest BCUT2D eigenvalue weighted by atomic mass is 10.2. The van der Waals surface area contributed by atoms with Crippen molar-refractivity contribution in [2.45, 2.75) is 30.6 Å². The van der Waals surface area contributed by atoms with Crippen molar-refractivity contribution in [3.05, 3.63) is 53.2 Å². The van der Waals surface area contributed by atoms with Gasteiger partial charge >= 0.3 is 0 Å². The van der Waals surface area contributed by atoms with Crippen molar-refractivity contribution in [1.29, 1.82) is 0 Å². The van der Waals surface area contributed by atoms with E-state index in [1.54, 1.807) is 41.5 Å². The first-order chi connectivity index (χ1) is 13.1. The van der Waals surface area contributed by atoms with Gasteiger partial charge < -0.3 is 4.90 Å². The fourth-order valence-electron chi connectivity index (χ4n) is 2.82. The minimum atomic E-state index is -0.293. The summed E-state index contributed by atoms with van der Waals surface area (Å²) in [6.07, 6.45) is 2.23. The number of carbonyl (C=O) groups excluding carboxylic acids is 1. The number of rotatable bonds is 7. The van der Waals surface area contributed by atoms with Gasteiger partial charge in [0.05, 0.1) is 10.6 Å². The lowest BCUT2D eigenvalue weighted by Gasteiger charge is -2.17. The van der Waals surface area contributed by atoms with Crippen LogP contribution in [0.2, 0.25) is 0 Å². The van der Waals surface area contributed by atoms with E-state index >= 15 is 0 Å². The fourth-order valence-corrected chi connectivity index (χ4v) is 4.47. The molecule has 8 heteroatoms. The van der Waals surface area contributed by atoms with Crippen molar-refractivity contribution in [2.24, 2.45) is 0 Å². The summed E-state index contributed by atoms with van der Waals surface area (Å²) in [5.74, 6) is 0.771. The summed E-state index contributed by atoms with van der Waals surface area (Å²) in [7, 11) is 1.69. The second-order valence-corrected chi connectivity index (χ2v) is 8.40. The molecule has 1 saturated carbocycles. The number of hydrogen-bond donors (Lipinski definition) is 0. The molecule has 0 radical (unpaired) electrons. The van der Waals surface area contributed by atoms with Crippen molar-refractivity contribution >= 4 is 29.0 Å². The van der Waals surface area contributed by atoms with Crippen LogP contribution in [-0.2, 0) is 11.3 Å². The van der Waals surface area contributed by atoms with Gasteiger partial charge in [-0.3, -0.25) is 9.36 Å². The van der Waals surface area contributed by atoms with Crippen LogP contribution < -0.4 is 0 Å². The highest BCUT2D eigenvalue weighted by Gasteiger charge is 2.30. The van der Waals surface area contributed by atoms with Gasteiger partial charge in [-0.25, -0.2) is 4.39 Å². The molecule has 0 atom stereocenters. The van der Waals surface area contributed by atoms with E-state index in [0.717, 1.165) is 28.7 Å². The zero-order valence-electron chi connectivity index (χ0n) is 14.8. The van der Waals surface area contributed by atoms with E-state index in [2.05, 4.69) is 14.8 Å². The molecule has 27 heavy (non-hydrogen) atoms. The zero-order chi connectivity index (χ0) is 18.8. The average Bonchev–Trinajstić information content (AvgIpc) is 3.19. The summed E-state index contributed by atoms with van der Waals surface area (Å²) in [5, 5.41) is 11.5. The van der Waals surface area contributed by atoms with E-state index in [-0.39, 0.29) is 24.0 Å². The molecule has 0 saturated heterocycles. The highest BCUT2D eigenvalue weighted by atomic mass is 32.2. The van der Waals surface area contributed by atoms with Gasteiger partial charge in [0.15, 0.2) is 11.0 Å². The molecule has 0 N–H and O–H groups in total. The van der Waals surface area contributed by atoms with Gasteiger partial charge in [0.1, 0.15) is 5.82 Å². The van der Waals surface area contributed by atoms with Crippen LogP contribution in [0.25, 0.3) is 10.7 Å². The molecular formula is C19H19FN4OS2. The smallest absolute Gasteiger partial charge is 0.233 e. The third-order valence-corrected chi connectivity index (χ3v) is 6.23. The number of thiophene rings is 1. The van der Waals surface area contributed by atoms with Gasteiger partial charge in [-0.1, -0.05) is 36.0 Å². The fraction of sp³-hybridized carbons (Fsp3) is 0.316. The molecule has 2 aromatic heterocycles. The molecule has 1 aliphatic carbocycles. The Hall–Kier alpha value is -2.19. The summed E-state index contributed by atoms with van der Waals surface area (Å²) in [6, 6.07) is 11.0. The summed E-state index contributed by atoms with van der Waals surface area (Å²) in [4.78, 5) is 15.1. The Bertz CT molecular complexity index is 937. The van der Waals surface area contributed by atoms with E-state index in [0.29, 0.717) is 11.6 Å². The molecule has 0 aliphatic heterocycles. The predicted octanol–water partition coefficient (Wildman–Crippen LogP) is 4.23. The lowest BCUT2D eigenvalue weighted by molar-refractivity contribution is -0.127. The molecule has 0 unspecified atom stereocenters. The van der Waals surface area contributed by atoms with Crippen LogP contribution in [0.3, 0.4) is 0 Å². The van der Waals surface area contributed by atoms with Crippen molar-refractivity contribution in [2.75, 3.05) is 12.8 Å². The van der Waals surface area contributed by atoms with Gasteiger partial charge in [-0.2, -0.15) is 0 Å². The quantitative estimate of drug-likeness (QED) is 0.555. The number of nitrogens with zero attached hydrogens (tertiary/aromatic N) is 4. The van der Waals surface area contributed by atoms with E-state index in [1.807, 2.05) is 17.5 Å². The van der Waals surface area contributed by atoms with E-state index in [1.165, 1.54) is 17.8 Å². The molecule has 4 rings (SSSR count). The Morgan fingerprint density at radius 2 is 2.11 bits per heavy atom. The minimum Gasteiger partial charge on any atom is -0.341 e. The molecule has 5 nitrogen and oxygen atoms in total. The largest absolute Gasteiger partial charge is 0.341 e. The standard InChI is InChI=1S/C19H19FN4OS2/c1-23(11-13-5-2-3-6-15(13)20)17(25)12-27-19-22-21-18(16-7-4-10-26-16)24(19)14-8-9-14/h2-7,10,14H,8-9,11-12H2,1H3. The van der Waals surface area contributed by atoms with Gasteiger partial charge in [0.2, 0.25) is 5.91 Å². The molecule has 2 heterocycles. The summed E-state index contributed by atoms with van der Waals surface area (Å²) in [5.41, 5.74) is 0.513. The van der Waals surface area contributed by atoms with Crippen LogP contribution in [0.15, 0.2) is 46.9 Å². The molecular weight excluding hydrogens is 383 g/mol. The topological polar surface area (TPSA) is 51.0 Å². The number of aromatic nitrogens is 3. The van der Waals surface area contributed by atoms with Gasteiger partial charge in [0, 0.05) is 25.2 Å². The number of carbonyl (C=O) groups is 1. The number of halogens is 1. The zero-order valence-corrected chi connectivity index (χ0v) is 16.5. The van der Waals surface area contributed by atoms with E-state index in [9.17, 15) is 9.18 Å². The number of thioether (sulfide) groups is 1. The summed E-state index contributed by atoms with van der Waals surface area (Å²) < 4.78 is 15.9. The van der Waals surface area contributed by atoms with Crippen molar-refractivity contribution in [1.82, 2.24) is 19.7 Å². The van der Waals surface area contributed by atoms with E-state index < -0.39 is 0 Å². The van der Waals surface area contributed by atoms with Crippen molar-refractivity contribution in [3.63, 3.8) is 0 Å². The van der Waals surface area contributed by atoms with Crippen LogP contribution in [0.1, 0.15) is 24.4 Å². The van der Waals surface area contributed by atoms with Crippen LogP contribution in [0, 0.1) is 5.82 Å². The van der Waals surface area contributed by atoms with Crippen LogP contribution in [0.5, 0.6) is 0 Å². The van der Waals surface area contributed by atoms with E-state index in [4.69, 9.17) is 0 Å². The Balaban J connectivity index is 1.43. The molecule has 1 fully saturated rings. The third-order valence-electron chi connectivity index (χ3n) is 4.43. The summed E-state index contributed by atoms with van der Waals surface area (Å²) in [6.45, 7) is 0.252. The van der Waals surface area contributed by atoms with Gasteiger partial charge in [0.25, 0.3) is 0 Å². The molecule has 140 valence electrons. The molecule has 1 amide bonds. The summed E-state index contributed by atoms with van der Waals surface area (Å²) >= 11 is 3.03. The average molecular weight is 403 g/mol. The molecule has 3 aromatic rings. The predicted molar refractivity (Wildman–Crippen MR) is 105 cm³/mol. The minimum absolute atomic E-state index is 0.0636. The maximum atomic E-state index is 13.8. The first-order valence-corrected chi connectivity index (χ1v) is 10.6. The molecule has 0 bridgehead atoms. The van der Waals surface area contributed by atoms with Gasteiger partial charge in [-0.05, 0) is 30.4 Å². The Morgan fingerprint density at radius 3 is 2.81 bits per heavy atom. The second kappa shape index (κ2) is 7.82. The van der Waals surface area contributed by atoms with Gasteiger partial charge in [-0.15, -0.1) is 21.5 Å². The number of amides is 1. The highest BCUT2D eigenvalue weighted by molar-refractivity contribution is 7.99. The first kappa shape index (κ1) is 18.2. The Kier molecular flexibility index (Phi) is 5.27. The van der Waals surface area contributed by atoms with Crippen LogP contribution in [0.4, 0.5) is 4.39 Å². The Morgan fingerprint density at radius 1 is 1.30 bits per heavy atom. The van der Waals surface area contributed by atoms with Crippen molar-refractivity contribution < 1.29 is 9.18 Å². The third kappa shape index (κ3) is 4.06. The maximum Gasteiger partial charge on any atom is 0.233 e. The van der Waals surface area contributed by atoms with Crippen molar-refractivity contribution in [3.8, 4) is 10.7 Å². The molecule has 1 aliphatic rings. The molecule has 1 aromatic carbocycles. The highest BCUT2D eigenvalue weighted by Crippen LogP contribution is 2.41. The Labute approximate surface area is 165 Å². The van der Waals surface area contributed by atoms with Crippen LogP contribution >= 0.6 is 23.1 Å². The second-order valence-electron chi connectivity index (χ2n) is 6.51. The van der Waals surface area contributed by atoms with Crippen LogP contribution in [-0.4, -0.2) is 38.4 Å². The maximum absolute atomic E-state index is 13.8. The normalized spacial score (nSPS) is 13.7. The number of hydrogen-bond acceptors (Lipinski definition) is 5. The first-order valence-electron chi connectivity index (χ1n) is 8.72. The monoisotopic (exact) mass is 402 g/mol. The number of benzene rings is 1. The molecule has 0 spiro atoms.